The van der Waals surface area contributed by atoms with Gasteiger partial charge in [0.15, 0.2) is 0 Å². The van der Waals surface area contributed by atoms with Crippen LogP contribution in [0.5, 0.6) is 0 Å². The summed E-state index contributed by atoms with van der Waals surface area (Å²) in [5.74, 6) is 1.39. The van der Waals surface area contributed by atoms with Crippen LogP contribution >= 0.6 is 0 Å². The molecular weight excluding hydrogens is 252 g/mol. The summed E-state index contributed by atoms with van der Waals surface area (Å²) in [5.41, 5.74) is 0. The molecule has 1 aliphatic heterocycles. The normalized spacial score (nSPS) is 16.9. The average Bonchev–Trinajstić information content (AvgIpc) is 3.09. The minimum atomic E-state index is -0.0190. The first-order valence-electron chi connectivity index (χ1n) is 7.55. The number of likely N-dealkylation sites (tertiary alicyclic amines) is 1. The zero-order valence-corrected chi connectivity index (χ0v) is 12.9. The average molecular weight is 278 g/mol. The van der Waals surface area contributed by atoms with E-state index < -0.39 is 0 Å². The highest BCUT2D eigenvalue weighted by atomic mass is 16.2. The molecule has 20 heavy (non-hydrogen) atoms. The molecule has 0 aromatic carbocycles. The third kappa shape index (κ3) is 3.60. The van der Waals surface area contributed by atoms with Crippen molar-refractivity contribution in [2.75, 3.05) is 26.7 Å². The maximum atomic E-state index is 12.3. The minimum Gasteiger partial charge on any atom is -0.341 e. The molecule has 0 unspecified atom stereocenters. The first-order valence-corrected chi connectivity index (χ1v) is 7.55. The highest BCUT2D eigenvalue weighted by molar-refractivity contribution is 5.81. The largest absolute Gasteiger partial charge is 0.341 e. The summed E-state index contributed by atoms with van der Waals surface area (Å²) in [6.07, 6.45) is 8.09. The summed E-state index contributed by atoms with van der Waals surface area (Å²) >= 11 is 0. The van der Waals surface area contributed by atoms with E-state index in [-0.39, 0.29) is 11.9 Å². The summed E-state index contributed by atoms with van der Waals surface area (Å²) in [7, 11) is 4.06. The summed E-state index contributed by atoms with van der Waals surface area (Å²) in [5, 5.41) is 0. The Labute approximate surface area is 121 Å². The van der Waals surface area contributed by atoms with Gasteiger partial charge in [-0.3, -0.25) is 9.69 Å². The van der Waals surface area contributed by atoms with Crippen LogP contribution in [0.25, 0.3) is 0 Å². The van der Waals surface area contributed by atoms with Crippen molar-refractivity contribution >= 4 is 5.91 Å². The standard InChI is InChI=1S/C15H26N4O/c1-13(15(20)19-10-4-5-11-19)17(2)9-6-7-14-16-8-12-18(14)3/h8,12-13H,4-7,9-11H2,1-3H3/t13-/m1/s1. The molecule has 0 saturated carbocycles. The van der Waals surface area contributed by atoms with Crippen molar-refractivity contribution in [1.29, 1.82) is 0 Å². The fourth-order valence-electron chi connectivity index (χ4n) is 2.71. The lowest BCUT2D eigenvalue weighted by molar-refractivity contribution is -0.134. The fraction of sp³-hybridized carbons (Fsp3) is 0.733. The molecule has 112 valence electrons. The van der Waals surface area contributed by atoms with Crippen molar-refractivity contribution in [2.24, 2.45) is 7.05 Å². The predicted molar refractivity (Wildman–Crippen MR) is 79.4 cm³/mol. The maximum Gasteiger partial charge on any atom is 0.239 e. The van der Waals surface area contributed by atoms with E-state index in [1.165, 1.54) is 0 Å². The smallest absolute Gasteiger partial charge is 0.239 e. The third-order valence-electron chi connectivity index (χ3n) is 4.27. The number of amides is 1. The van der Waals surface area contributed by atoms with Crippen LogP contribution in [0.3, 0.4) is 0 Å². The topological polar surface area (TPSA) is 41.4 Å². The Morgan fingerprint density at radius 3 is 2.75 bits per heavy atom. The molecule has 1 saturated heterocycles. The highest BCUT2D eigenvalue weighted by Crippen LogP contribution is 2.11. The fourth-order valence-corrected chi connectivity index (χ4v) is 2.71. The lowest BCUT2D eigenvalue weighted by atomic mass is 10.2. The summed E-state index contributed by atoms with van der Waals surface area (Å²) in [6, 6.07) is -0.0190. The van der Waals surface area contributed by atoms with E-state index >= 15 is 0 Å². The molecule has 1 aliphatic rings. The van der Waals surface area contributed by atoms with E-state index in [4.69, 9.17) is 0 Å². The van der Waals surface area contributed by atoms with Crippen molar-refractivity contribution in [3.63, 3.8) is 0 Å². The second kappa shape index (κ2) is 6.88. The van der Waals surface area contributed by atoms with Crippen molar-refractivity contribution in [1.82, 2.24) is 19.4 Å². The molecule has 0 aliphatic carbocycles. The van der Waals surface area contributed by atoms with Crippen molar-refractivity contribution in [2.45, 2.75) is 38.6 Å². The van der Waals surface area contributed by atoms with Gasteiger partial charge in [0.05, 0.1) is 6.04 Å². The van der Waals surface area contributed by atoms with E-state index in [9.17, 15) is 4.79 Å². The predicted octanol–water partition coefficient (Wildman–Crippen LogP) is 1.30. The molecule has 1 fully saturated rings. The van der Waals surface area contributed by atoms with Gasteiger partial charge in [-0.1, -0.05) is 0 Å². The van der Waals surface area contributed by atoms with Gasteiger partial charge in [-0.15, -0.1) is 0 Å². The van der Waals surface area contributed by atoms with Gasteiger partial charge in [-0.2, -0.15) is 0 Å². The number of carbonyl (C=O) groups excluding carboxylic acids is 1. The van der Waals surface area contributed by atoms with Crippen LogP contribution in [0.4, 0.5) is 0 Å². The molecule has 0 spiro atoms. The minimum absolute atomic E-state index is 0.0190. The van der Waals surface area contributed by atoms with Crippen LogP contribution in [0.15, 0.2) is 12.4 Å². The Morgan fingerprint density at radius 2 is 2.15 bits per heavy atom. The molecule has 0 bridgehead atoms. The van der Waals surface area contributed by atoms with Crippen molar-refractivity contribution < 1.29 is 4.79 Å². The Kier molecular flexibility index (Phi) is 5.17. The number of carbonyl (C=O) groups is 1. The number of likely N-dealkylation sites (N-methyl/N-ethyl adjacent to an activating group) is 1. The van der Waals surface area contributed by atoms with Gasteiger partial charge in [-0.25, -0.2) is 4.98 Å². The molecule has 2 heterocycles. The Morgan fingerprint density at radius 1 is 1.45 bits per heavy atom. The molecule has 0 N–H and O–H groups in total. The monoisotopic (exact) mass is 278 g/mol. The lowest BCUT2D eigenvalue weighted by Crippen LogP contribution is -2.44. The van der Waals surface area contributed by atoms with E-state index in [1.807, 2.05) is 38.3 Å². The maximum absolute atomic E-state index is 12.3. The SMILES string of the molecule is C[C@H](C(=O)N1CCCC1)N(C)CCCc1nccn1C. The van der Waals surface area contributed by atoms with Gasteiger partial charge >= 0.3 is 0 Å². The molecule has 1 atom stereocenters. The number of nitrogens with zero attached hydrogens (tertiary/aromatic N) is 4. The van der Waals surface area contributed by atoms with Crippen LogP contribution in [0.2, 0.25) is 0 Å². The van der Waals surface area contributed by atoms with Crippen LogP contribution in [-0.4, -0.2) is 58.0 Å². The number of hydrogen-bond acceptors (Lipinski definition) is 3. The van der Waals surface area contributed by atoms with E-state index in [0.717, 1.165) is 51.1 Å². The van der Waals surface area contributed by atoms with Crippen LogP contribution in [-0.2, 0) is 18.3 Å². The Balaban J connectivity index is 1.74. The van der Waals surface area contributed by atoms with E-state index in [0.29, 0.717) is 0 Å². The molecule has 0 radical (unpaired) electrons. The van der Waals surface area contributed by atoms with Crippen molar-refractivity contribution in [3.05, 3.63) is 18.2 Å². The Bertz CT molecular complexity index is 437. The lowest BCUT2D eigenvalue weighted by Gasteiger charge is -2.27. The molecule has 1 aromatic heterocycles. The van der Waals surface area contributed by atoms with Crippen molar-refractivity contribution in [3.8, 4) is 0 Å². The van der Waals surface area contributed by atoms with Gasteiger partial charge < -0.3 is 9.47 Å². The van der Waals surface area contributed by atoms with Crippen LogP contribution in [0.1, 0.15) is 32.0 Å². The Hall–Kier alpha value is -1.36. The second-order valence-electron chi connectivity index (χ2n) is 5.75. The zero-order valence-electron chi connectivity index (χ0n) is 12.9. The zero-order chi connectivity index (χ0) is 14.5. The number of rotatable bonds is 6. The highest BCUT2D eigenvalue weighted by Gasteiger charge is 2.25. The van der Waals surface area contributed by atoms with Gasteiger partial charge in [0.2, 0.25) is 5.91 Å². The summed E-state index contributed by atoms with van der Waals surface area (Å²) < 4.78 is 2.05. The second-order valence-corrected chi connectivity index (χ2v) is 5.75. The van der Waals surface area contributed by atoms with Crippen LogP contribution < -0.4 is 0 Å². The van der Waals surface area contributed by atoms with E-state index in [1.54, 1.807) is 0 Å². The van der Waals surface area contributed by atoms with Gasteiger partial charge in [0.1, 0.15) is 5.82 Å². The van der Waals surface area contributed by atoms with Crippen LogP contribution in [0, 0.1) is 0 Å². The first kappa shape index (κ1) is 15.0. The number of imidazole rings is 1. The molecule has 5 heteroatoms. The summed E-state index contributed by atoms with van der Waals surface area (Å²) in [4.78, 5) is 20.8. The van der Waals surface area contributed by atoms with Gasteiger partial charge in [0.25, 0.3) is 0 Å². The molecule has 2 rings (SSSR count). The number of aryl methyl sites for hydroxylation is 2. The molecule has 5 nitrogen and oxygen atoms in total. The quantitative estimate of drug-likeness (QED) is 0.787. The first-order chi connectivity index (χ1) is 9.59. The van der Waals surface area contributed by atoms with Gasteiger partial charge in [0, 0.05) is 39.0 Å². The number of hydrogen-bond donors (Lipinski definition) is 0. The molecule has 1 amide bonds. The molecule has 1 aromatic rings. The number of aromatic nitrogens is 2. The third-order valence-corrected chi connectivity index (χ3v) is 4.27. The molecular formula is C15H26N4O. The van der Waals surface area contributed by atoms with Gasteiger partial charge in [-0.05, 0) is 39.8 Å². The summed E-state index contributed by atoms with van der Waals surface area (Å²) in [6.45, 7) is 4.81. The van der Waals surface area contributed by atoms with E-state index in [2.05, 4.69) is 14.5 Å².